The number of amides is 1. The Balaban J connectivity index is 2.07. The topological polar surface area (TPSA) is 60.8 Å². The van der Waals surface area contributed by atoms with E-state index in [0.29, 0.717) is 19.5 Å². The van der Waals surface area contributed by atoms with Crippen molar-refractivity contribution in [2.75, 3.05) is 13.2 Å². The maximum absolute atomic E-state index is 12.7. The molecule has 0 aliphatic heterocycles. The normalized spacial score (nSPS) is 22.0. The van der Waals surface area contributed by atoms with Crippen LogP contribution in [0.15, 0.2) is 24.3 Å². The van der Waals surface area contributed by atoms with Gasteiger partial charge < -0.3 is 15.1 Å². The summed E-state index contributed by atoms with van der Waals surface area (Å²) in [5.74, 6) is -0.0460. The fraction of sp³-hybridized carbons (Fsp3) is 0.588. The highest BCUT2D eigenvalue weighted by molar-refractivity contribution is 5.79. The summed E-state index contributed by atoms with van der Waals surface area (Å²) in [5.41, 5.74) is 2.26. The lowest BCUT2D eigenvalue weighted by atomic mass is 9.86. The fourth-order valence-electron chi connectivity index (χ4n) is 3.03. The van der Waals surface area contributed by atoms with Gasteiger partial charge >= 0.3 is 0 Å². The van der Waals surface area contributed by atoms with Crippen LogP contribution in [-0.4, -0.2) is 40.3 Å². The molecule has 21 heavy (non-hydrogen) atoms. The van der Waals surface area contributed by atoms with Crippen molar-refractivity contribution in [3.05, 3.63) is 35.4 Å². The van der Waals surface area contributed by atoms with Crippen LogP contribution in [0.4, 0.5) is 0 Å². The van der Waals surface area contributed by atoms with E-state index >= 15 is 0 Å². The van der Waals surface area contributed by atoms with Gasteiger partial charge in [-0.25, -0.2) is 0 Å². The molecule has 0 aromatic heterocycles. The Bertz CT molecular complexity index is 475. The first-order valence-corrected chi connectivity index (χ1v) is 7.74. The van der Waals surface area contributed by atoms with Crippen molar-refractivity contribution in [1.29, 1.82) is 0 Å². The molecular weight excluding hydrogens is 266 g/mol. The summed E-state index contributed by atoms with van der Waals surface area (Å²) in [6.45, 7) is 2.87. The van der Waals surface area contributed by atoms with Crippen molar-refractivity contribution in [3.8, 4) is 0 Å². The Labute approximate surface area is 126 Å². The number of aliphatic hydroxyl groups is 2. The first-order valence-electron chi connectivity index (χ1n) is 7.74. The molecule has 1 fully saturated rings. The molecule has 1 aromatic carbocycles. The Morgan fingerprint density at radius 3 is 2.76 bits per heavy atom. The van der Waals surface area contributed by atoms with Crippen LogP contribution in [0.25, 0.3) is 0 Å². The predicted octanol–water partition coefficient (Wildman–Crippen LogP) is 1.87. The van der Waals surface area contributed by atoms with Crippen LogP contribution in [0.2, 0.25) is 0 Å². The average molecular weight is 291 g/mol. The molecule has 1 aliphatic carbocycles. The highest BCUT2D eigenvalue weighted by Crippen LogP contribution is 2.26. The molecule has 2 atom stereocenters. The Morgan fingerprint density at radius 2 is 2.10 bits per heavy atom. The minimum atomic E-state index is -0.359. The second kappa shape index (κ2) is 7.57. The number of aryl methyl sites for hydroxylation is 1. The molecular formula is C17H25NO3. The zero-order valence-corrected chi connectivity index (χ0v) is 12.7. The monoisotopic (exact) mass is 291 g/mol. The van der Waals surface area contributed by atoms with E-state index in [2.05, 4.69) is 0 Å². The molecule has 0 spiro atoms. The van der Waals surface area contributed by atoms with Crippen molar-refractivity contribution in [2.45, 2.75) is 45.3 Å². The first-order chi connectivity index (χ1) is 10.1. The van der Waals surface area contributed by atoms with Gasteiger partial charge in [-0.2, -0.15) is 0 Å². The minimum Gasteiger partial charge on any atom is -0.395 e. The van der Waals surface area contributed by atoms with Crippen LogP contribution in [0.3, 0.4) is 0 Å². The van der Waals surface area contributed by atoms with Crippen molar-refractivity contribution >= 4 is 5.91 Å². The van der Waals surface area contributed by atoms with E-state index in [1.165, 1.54) is 0 Å². The van der Waals surface area contributed by atoms with Gasteiger partial charge in [-0.05, 0) is 37.3 Å². The molecule has 1 amide bonds. The summed E-state index contributed by atoms with van der Waals surface area (Å²) >= 11 is 0. The third kappa shape index (κ3) is 4.29. The summed E-state index contributed by atoms with van der Waals surface area (Å²) in [5, 5.41) is 19.0. The second-order valence-corrected chi connectivity index (χ2v) is 5.93. The SMILES string of the molecule is Cc1ccccc1CN(CCO)C(=O)[C@H]1CCC[C@H](O)C1. The predicted molar refractivity (Wildman–Crippen MR) is 81.6 cm³/mol. The van der Waals surface area contributed by atoms with E-state index in [1.54, 1.807) is 4.90 Å². The third-order valence-electron chi connectivity index (χ3n) is 4.30. The zero-order valence-electron chi connectivity index (χ0n) is 12.7. The van der Waals surface area contributed by atoms with Crippen molar-refractivity contribution < 1.29 is 15.0 Å². The highest BCUT2D eigenvalue weighted by atomic mass is 16.3. The van der Waals surface area contributed by atoms with E-state index < -0.39 is 0 Å². The molecule has 2 rings (SSSR count). The second-order valence-electron chi connectivity index (χ2n) is 5.93. The Kier molecular flexibility index (Phi) is 5.76. The summed E-state index contributed by atoms with van der Waals surface area (Å²) in [7, 11) is 0. The molecule has 4 nitrogen and oxygen atoms in total. The van der Waals surface area contributed by atoms with Crippen LogP contribution >= 0.6 is 0 Å². The lowest BCUT2D eigenvalue weighted by molar-refractivity contribution is -0.139. The van der Waals surface area contributed by atoms with Crippen molar-refractivity contribution in [2.24, 2.45) is 5.92 Å². The molecule has 4 heteroatoms. The average Bonchev–Trinajstić information content (AvgIpc) is 2.48. The minimum absolute atomic E-state index is 0.0348. The van der Waals surface area contributed by atoms with Crippen molar-refractivity contribution in [3.63, 3.8) is 0 Å². The molecule has 1 aliphatic rings. The maximum Gasteiger partial charge on any atom is 0.226 e. The van der Waals surface area contributed by atoms with Gasteiger partial charge in [0, 0.05) is 19.0 Å². The standard InChI is InChI=1S/C17H25NO3/c1-13-5-2-3-6-15(13)12-18(9-10-19)17(21)14-7-4-8-16(20)11-14/h2-3,5-6,14,16,19-20H,4,7-12H2,1H3/t14-,16-/m0/s1. The molecule has 0 heterocycles. The molecule has 116 valence electrons. The lowest BCUT2D eigenvalue weighted by Crippen LogP contribution is -2.40. The van der Waals surface area contributed by atoms with Gasteiger partial charge in [0.25, 0.3) is 0 Å². The van der Waals surface area contributed by atoms with E-state index in [9.17, 15) is 15.0 Å². The van der Waals surface area contributed by atoms with E-state index in [0.717, 1.165) is 30.4 Å². The Hall–Kier alpha value is -1.39. The van der Waals surface area contributed by atoms with Crippen LogP contribution in [0.5, 0.6) is 0 Å². The highest BCUT2D eigenvalue weighted by Gasteiger charge is 2.29. The van der Waals surface area contributed by atoms with Gasteiger partial charge in [0.2, 0.25) is 5.91 Å². The molecule has 0 saturated heterocycles. The smallest absolute Gasteiger partial charge is 0.226 e. The third-order valence-corrected chi connectivity index (χ3v) is 4.30. The molecule has 1 saturated carbocycles. The van der Waals surface area contributed by atoms with Gasteiger partial charge in [-0.3, -0.25) is 4.79 Å². The van der Waals surface area contributed by atoms with Gasteiger partial charge in [-0.1, -0.05) is 30.7 Å². The van der Waals surface area contributed by atoms with Crippen LogP contribution in [0, 0.1) is 12.8 Å². The Morgan fingerprint density at radius 1 is 1.33 bits per heavy atom. The largest absolute Gasteiger partial charge is 0.395 e. The number of benzene rings is 1. The molecule has 0 bridgehead atoms. The quantitative estimate of drug-likeness (QED) is 0.870. The van der Waals surface area contributed by atoms with Crippen LogP contribution in [0.1, 0.15) is 36.8 Å². The summed E-state index contributed by atoms with van der Waals surface area (Å²) in [6.07, 6.45) is 2.72. The molecule has 1 aromatic rings. The van der Waals surface area contributed by atoms with Crippen molar-refractivity contribution in [1.82, 2.24) is 4.90 Å². The van der Waals surface area contributed by atoms with E-state index in [4.69, 9.17) is 0 Å². The van der Waals surface area contributed by atoms with Crippen LogP contribution < -0.4 is 0 Å². The number of carbonyl (C=O) groups excluding carboxylic acids is 1. The molecule has 0 unspecified atom stereocenters. The number of carbonyl (C=O) groups is 1. The molecule has 2 N–H and O–H groups in total. The first kappa shape index (κ1) is 16.0. The summed E-state index contributed by atoms with van der Waals surface area (Å²) < 4.78 is 0. The van der Waals surface area contributed by atoms with Crippen LogP contribution in [-0.2, 0) is 11.3 Å². The van der Waals surface area contributed by atoms with E-state index in [1.807, 2.05) is 31.2 Å². The van der Waals surface area contributed by atoms with Gasteiger partial charge in [0.1, 0.15) is 0 Å². The van der Waals surface area contributed by atoms with Gasteiger partial charge in [-0.15, -0.1) is 0 Å². The summed E-state index contributed by atoms with van der Waals surface area (Å²) in [4.78, 5) is 14.4. The fourth-order valence-corrected chi connectivity index (χ4v) is 3.03. The maximum atomic E-state index is 12.7. The lowest BCUT2D eigenvalue weighted by Gasteiger charge is -2.31. The van der Waals surface area contributed by atoms with Gasteiger partial charge in [0.05, 0.1) is 12.7 Å². The number of hydrogen-bond donors (Lipinski definition) is 2. The summed E-state index contributed by atoms with van der Waals surface area (Å²) in [6, 6.07) is 7.99. The number of aliphatic hydroxyl groups excluding tert-OH is 2. The zero-order chi connectivity index (χ0) is 15.2. The molecule has 0 radical (unpaired) electrons. The number of rotatable bonds is 5. The van der Waals surface area contributed by atoms with Gasteiger partial charge in [0.15, 0.2) is 0 Å². The number of nitrogens with zero attached hydrogens (tertiary/aromatic N) is 1. The van der Waals surface area contributed by atoms with E-state index in [-0.39, 0.29) is 24.5 Å². The number of hydrogen-bond acceptors (Lipinski definition) is 3.